The van der Waals surface area contributed by atoms with E-state index in [1.807, 2.05) is 0 Å². The van der Waals surface area contributed by atoms with Crippen molar-refractivity contribution in [1.29, 1.82) is 0 Å². The van der Waals surface area contributed by atoms with Crippen LogP contribution in [-0.4, -0.2) is 33.2 Å². The average Bonchev–Trinajstić information content (AvgIpc) is 2.52. The lowest BCUT2D eigenvalue weighted by atomic mass is 9.77. The molecule has 0 aromatic carbocycles. The van der Waals surface area contributed by atoms with Gasteiger partial charge in [-0.3, -0.25) is 0 Å². The Balaban J connectivity index is 2.40. The van der Waals surface area contributed by atoms with Crippen molar-refractivity contribution >= 4 is 15.4 Å². The highest BCUT2D eigenvalue weighted by Gasteiger charge is 2.51. The van der Waals surface area contributed by atoms with Gasteiger partial charge < -0.3 is 13.7 Å². The minimum Gasteiger partial charge on any atom is -0.417 e. The van der Waals surface area contributed by atoms with Crippen LogP contribution < -0.4 is 0 Å². The minimum absolute atomic E-state index is 0.260. The first-order chi connectivity index (χ1) is 9.70. The smallest absolute Gasteiger partial charge is 0.417 e. The molecule has 0 unspecified atom stereocenters. The van der Waals surface area contributed by atoms with E-state index < -0.39 is 8.32 Å². The second-order valence-electron chi connectivity index (χ2n) is 8.96. The van der Waals surface area contributed by atoms with Crippen LogP contribution in [0.4, 0.5) is 0 Å². The summed E-state index contributed by atoms with van der Waals surface area (Å²) in [5.74, 6) is 0. The third-order valence-corrected chi connectivity index (χ3v) is 10.0. The van der Waals surface area contributed by atoms with E-state index in [0.717, 1.165) is 24.9 Å². The maximum Gasteiger partial charge on any atom is 0.489 e. The number of allylic oxidation sites excluding steroid dienone is 1. The number of rotatable bonds is 6. The predicted octanol–water partition coefficient (Wildman–Crippen LogP) is 4.98. The molecule has 0 atom stereocenters. The van der Waals surface area contributed by atoms with Crippen molar-refractivity contribution in [1.82, 2.24) is 0 Å². The first-order valence-corrected chi connectivity index (χ1v) is 11.3. The van der Waals surface area contributed by atoms with Gasteiger partial charge in [-0.2, -0.15) is 0 Å². The maximum atomic E-state index is 6.20. The van der Waals surface area contributed by atoms with Gasteiger partial charge in [0.05, 0.1) is 11.2 Å². The molecule has 0 aromatic heterocycles. The Kier molecular flexibility index (Phi) is 5.82. The summed E-state index contributed by atoms with van der Waals surface area (Å²) >= 11 is 0. The van der Waals surface area contributed by atoms with Crippen molar-refractivity contribution in [3.63, 3.8) is 0 Å². The monoisotopic (exact) mass is 326 g/mol. The summed E-state index contributed by atoms with van der Waals surface area (Å²) in [5, 5.41) is 0.260. The lowest BCUT2D eigenvalue weighted by molar-refractivity contribution is 0.00578. The third kappa shape index (κ3) is 4.47. The SMILES string of the molecule is C=C(CCCO[Si](C)(C)C(C)(C)C)B1OC(C)(C)C(C)(C)O1. The van der Waals surface area contributed by atoms with Crippen LogP contribution in [0, 0.1) is 0 Å². The third-order valence-electron chi connectivity index (χ3n) is 5.50. The fraction of sp³-hybridized carbons (Fsp3) is 0.882. The lowest BCUT2D eigenvalue weighted by Gasteiger charge is -2.36. The summed E-state index contributed by atoms with van der Waals surface area (Å²) < 4.78 is 18.3. The molecule has 1 aliphatic rings. The standard InChI is InChI=1S/C17H35BO3Si/c1-14(18-20-16(5,6)17(7,8)21-18)12-11-13-19-22(9,10)15(2,3)4/h1,11-13H2,2-10H3. The largest absolute Gasteiger partial charge is 0.489 e. The zero-order chi connectivity index (χ0) is 17.4. The molecular weight excluding hydrogens is 291 g/mol. The second kappa shape index (κ2) is 6.42. The summed E-state index contributed by atoms with van der Waals surface area (Å²) in [6.45, 7) is 24.6. The molecule has 0 amide bonds. The topological polar surface area (TPSA) is 27.7 Å². The molecule has 0 N–H and O–H groups in total. The van der Waals surface area contributed by atoms with E-state index in [1.54, 1.807) is 0 Å². The second-order valence-corrected chi connectivity index (χ2v) is 13.8. The molecule has 3 nitrogen and oxygen atoms in total. The van der Waals surface area contributed by atoms with Crippen molar-refractivity contribution in [2.24, 2.45) is 0 Å². The Morgan fingerprint density at radius 1 is 1.09 bits per heavy atom. The molecule has 0 saturated carbocycles. The van der Waals surface area contributed by atoms with Crippen LogP contribution in [0.25, 0.3) is 0 Å². The molecule has 0 aromatic rings. The highest BCUT2D eigenvalue weighted by atomic mass is 28.4. The summed E-state index contributed by atoms with van der Waals surface area (Å²) in [7, 11) is -1.94. The molecule has 22 heavy (non-hydrogen) atoms. The Morgan fingerprint density at radius 2 is 1.55 bits per heavy atom. The molecule has 1 saturated heterocycles. The van der Waals surface area contributed by atoms with Crippen LogP contribution in [0.2, 0.25) is 18.1 Å². The Hall–Kier alpha value is -0.0982. The maximum absolute atomic E-state index is 6.20. The molecule has 0 spiro atoms. The van der Waals surface area contributed by atoms with E-state index in [9.17, 15) is 0 Å². The van der Waals surface area contributed by atoms with Gasteiger partial charge in [0.2, 0.25) is 0 Å². The lowest BCUT2D eigenvalue weighted by Crippen LogP contribution is -2.41. The molecule has 0 aliphatic carbocycles. The van der Waals surface area contributed by atoms with Gasteiger partial charge in [-0.1, -0.05) is 20.8 Å². The summed E-state index contributed by atoms with van der Waals surface area (Å²) in [6.07, 6.45) is 1.85. The molecule has 1 fully saturated rings. The fourth-order valence-electron chi connectivity index (χ4n) is 1.97. The molecule has 1 aliphatic heterocycles. The molecule has 1 rings (SSSR count). The van der Waals surface area contributed by atoms with Crippen LogP contribution >= 0.6 is 0 Å². The van der Waals surface area contributed by atoms with Crippen LogP contribution in [0.5, 0.6) is 0 Å². The van der Waals surface area contributed by atoms with Crippen molar-refractivity contribution in [3.05, 3.63) is 12.1 Å². The van der Waals surface area contributed by atoms with E-state index in [0.29, 0.717) is 0 Å². The first-order valence-electron chi connectivity index (χ1n) is 8.37. The quantitative estimate of drug-likeness (QED) is 0.509. The van der Waals surface area contributed by atoms with Crippen LogP contribution in [-0.2, 0) is 13.7 Å². The van der Waals surface area contributed by atoms with Crippen molar-refractivity contribution in [2.75, 3.05) is 6.61 Å². The molecule has 1 heterocycles. The van der Waals surface area contributed by atoms with Gasteiger partial charge in [-0.25, -0.2) is 0 Å². The summed E-state index contributed by atoms with van der Waals surface area (Å²) in [6, 6.07) is 0. The van der Waals surface area contributed by atoms with E-state index in [4.69, 9.17) is 13.7 Å². The van der Waals surface area contributed by atoms with Gasteiger partial charge in [0.25, 0.3) is 0 Å². The predicted molar refractivity (Wildman–Crippen MR) is 97.6 cm³/mol. The van der Waals surface area contributed by atoms with Gasteiger partial charge in [0.15, 0.2) is 8.32 Å². The van der Waals surface area contributed by atoms with Gasteiger partial charge in [-0.15, -0.1) is 6.58 Å². The van der Waals surface area contributed by atoms with Crippen molar-refractivity contribution in [3.8, 4) is 0 Å². The number of hydrogen-bond donors (Lipinski definition) is 0. The molecule has 0 bridgehead atoms. The minimum atomic E-state index is -1.65. The summed E-state index contributed by atoms with van der Waals surface area (Å²) in [5.41, 5.74) is 0.425. The Morgan fingerprint density at radius 3 is 1.95 bits per heavy atom. The van der Waals surface area contributed by atoms with Crippen LogP contribution in [0.3, 0.4) is 0 Å². The van der Waals surface area contributed by atoms with E-state index in [1.165, 1.54) is 0 Å². The Labute approximate surface area is 139 Å². The zero-order valence-corrected chi connectivity index (χ0v) is 17.1. The molecule has 5 heteroatoms. The van der Waals surface area contributed by atoms with E-state index in [-0.39, 0.29) is 23.4 Å². The van der Waals surface area contributed by atoms with E-state index >= 15 is 0 Å². The van der Waals surface area contributed by atoms with Crippen LogP contribution in [0.15, 0.2) is 12.1 Å². The van der Waals surface area contributed by atoms with Crippen molar-refractivity contribution in [2.45, 2.75) is 90.6 Å². The van der Waals surface area contributed by atoms with Gasteiger partial charge >= 0.3 is 7.12 Å². The number of hydrogen-bond acceptors (Lipinski definition) is 3. The van der Waals surface area contributed by atoms with E-state index in [2.05, 4.69) is 68.1 Å². The highest BCUT2D eigenvalue weighted by molar-refractivity contribution is 6.74. The molecular formula is C17H35BO3Si. The summed E-state index contributed by atoms with van der Waals surface area (Å²) in [4.78, 5) is 0. The molecule has 0 radical (unpaired) electrons. The van der Waals surface area contributed by atoms with Gasteiger partial charge in [0, 0.05) is 6.61 Å². The Bertz CT molecular complexity index is 395. The normalized spacial score (nSPS) is 21.2. The van der Waals surface area contributed by atoms with Crippen LogP contribution in [0.1, 0.15) is 61.3 Å². The zero-order valence-electron chi connectivity index (χ0n) is 16.1. The fourth-order valence-corrected chi connectivity index (χ4v) is 3.06. The average molecular weight is 326 g/mol. The highest BCUT2D eigenvalue weighted by Crippen LogP contribution is 2.39. The van der Waals surface area contributed by atoms with Gasteiger partial charge in [0.1, 0.15) is 0 Å². The van der Waals surface area contributed by atoms with Gasteiger partial charge in [-0.05, 0) is 64.1 Å². The molecule has 128 valence electrons. The first kappa shape index (κ1) is 19.9. The van der Waals surface area contributed by atoms with Crippen molar-refractivity contribution < 1.29 is 13.7 Å².